The van der Waals surface area contributed by atoms with E-state index < -0.39 is 21.6 Å². The van der Waals surface area contributed by atoms with Crippen LogP contribution in [0.15, 0.2) is 41.2 Å². The standard InChI is InChI=1S/C17H16ClFN2O3S2/c1-10(2)21-15-7-6-11(8-16(15)25-17(21)22)20-26(23,24)9-12-13(18)4-3-5-14(12)19/h3-8,10,20H,9H2,1-2H3. The first-order valence-electron chi connectivity index (χ1n) is 7.76. The quantitative estimate of drug-likeness (QED) is 0.673. The minimum absolute atomic E-state index is 0.00184. The number of aromatic nitrogens is 1. The summed E-state index contributed by atoms with van der Waals surface area (Å²) in [6.07, 6.45) is 0. The van der Waals surface area contributed by atoms with Crippen LogP contribution in [0.2, 0.25) is 5.02 Å². The molecule has 2 aromatic carbocycles. The second-order valence-corrected chi connectivity index (χ2v) is 9.20. The van der Waals surface area contributed by atoms with Gasteiger partial charge in [-0.05, 0) is 44.2 Å². The van der Waals surface area contributed by atoms with E-state index in [4.69, 9.17) is 11.6 Å². The first-order valence-corrected chi connectivity index (χ1v) is 10.6. The number of hydrogen-bond acceptors (Lipinski definition) is 4. The summed E-state index contributed by atoms with van der Waals surface area (Å²) in [6, 6.07) is 8.89. The predicted octanol–water partition coefficient (Wildman–Crippen LogP) is 4.38. The lowest BCUT2D eigenvalue weighted by Gasteiger charge is -2.11. The van der Waals surface area contributed by atoms with Crippen LogP contribution in [-0.2, 0) is 15.8 Å². The zero-order valence-electron chi connectivity index (χ0n) is 14.0. The number of nitrogens with one attached hydrogen (secondary N) is 1. The first kappa shape index (κ1) is 18.9. The minimum atomic E-state index is -3.88. The van der Waals surface area contributed by atoms with Crippen LogP contribution < -0.4 is 9.60 Å². The summed E-state index contributed by atoms with van der Waals surface area (Å²) >= 11 is 6.95. The zero-order chi connectivity index (χ0) is 19.1. The number of anilines is 1. The number of fused-ring (bicyclic) bond motifs is 1. The second-order valence-electron chi connectivity index (χ2n) is 6.08. The number of thiazole rings is 1. The number of benzene rings is 2. The highest BCUT2D eigenvalue weighted by Crippen LogP contribution is 2.26. The molecule has 0 spiro atoms. The Balaban J connectivity index is 1.92. The summed E-state index contributed by atoms with van der Waals surface area (Å²) in [4.78, 5) is 12.0. The van der Waals surface area contributed by atoms with Crippen LogP contribution in [-0.4, -0.2) is 13.0 Å². The second kappa shape index (κ2) is 7.02. The summed E-state index contributed by atoms with van der Waals surface area (Å²) < 4.78 is 43.4. The maximum Gasteiger partial charge on any atom is 0.308 e. The van der Waals surface area contributed by atoms with Gasteiger partial charge in [0, 0.05) is 16.6 Å². The number of hydrogen-bond donors (Lipinski definition) is 1. The third kappa shape index (κ3) is 3.77. The fraction of sp³-hybridized carbons (Fsp3) is 0.235. The largest absolute Gasteiger partial charge is 0.308 e. The highest BCUT2D eigenvalue weighted by Gasteiger charge is 2.18. The van der Waals surface area contributed by atoms with E-state index in [1.807, 2.05) is 13.8 Å². The van der Waals surface area contributed by atoms with E-state index in [9.17, 15) is 17.6 Å². The van der Waals surface area contributed by atoms with Crippen LogP contribution in [0.1, 0.15) is 25.5 Å². The highest BCUT2D eigenvalue weighted by atomic mass is 35.5. The molecule has 1 aromatic heterocycles. The molecule has 5 nitrogen and oxygen atoms in total. The van der Waals surface area contributed by atoms with Crippen LogP contribution in [0.3, 0.4) is 0 Å². The summed E-state index contributed by atoms with van der Waals surface area (Å²) in [6.45, 7) is 3.81. The molecular weight excluding hydrogens is 399 g/mol. The number of nitrogens with zero attached hydrogens (tertiary/aromatic N) is 1. The first-order chi connectivity index (χ1) is 12.2. The zero-order valence-corrected chi connectivity index (χ0v) is 16.4. The molecule has 0 bridgehead atoms. The van der Waals surface area contributed by atoms with Gasteiger partial charge in [-0.15, -0.1) is 0 Å². The molecule has 0 saturated carbocycles. The van der Waals surface area contributed by atoms with Crippen molar-refractivity contribution < 1.29 is 12.8 Å². The van der Waals surface area contributed by atoms with Crippen molar-refractivity contribution in [2.24, 2.45) is 0 Å². The molecule has 0 fully saturated rings. The van der Waals surface area contributed by atoms with Gasteiger partial charge in [0.05, 0.1) is 21.7 Å². The molecular formula is C17H16ClFN2O3S2. The fourth-order valence-electron chi connectivity index (χ4n) is 2.66. The molecule has 26 heavy (non-hydrogen) atoms. The topological polar surface area (TPSA) is 68.2 Å². The third-order valence-electron chi connectivity index (χ3n) is 3.80. The summed E-state index contributed by atoms with van der Waals surface area (Å²) in [5, 5.41) is 0.0538. The van der Waals surface area contributed by atoms with Crippen molar-refractivity contribution in [3.8, 4) is 0 Å². The Hall–Kier alpha value is -1.90. The lowest BCUT2D eigenvalue weighted by atomic mass is 10.2. The molecule has 1 N–H and O–H groups in total. The Morgan fingerprint density at radius 1 is 1.27 bits per heavy atom. The monoisotopic (exact) mass is 414 g/mol. The normalized spacial score (nSPS) is 12.0. The Labute approximate surface area is 159 Å². The van der Waals surface area contributed by atoms with Crippen molar-refractivity contribution in [3.63, 3.8) is 0 Å². The van der Waals surface area contributed by atoms with Crippen molar-refractivity contribution in [2.45, 2.75) is 25.6 Å². The van der Waals surface area contributed by atoms with Gasteiger partial charge in [-0.1, -0.05) is 29.0 Å². The van der Waals surface area contributed by atoms with E-state index in [0.29, 0.717) is 10.4 Å². The summed E-state index contributed by atoms with van der Waals surface area (Å²) in [5.74, 6) is -1.26. The SMILES string of the molecule is CC(C)n1c(=O)sc2cc(NS(=O)(=O)Cc3c(F)cccc3Cl)ccc21. The van der Waals surface area contributed by atoms with Crippen molar-refractivity contribution >= 4 is 48.9 Å². The van der Waals surface area contributed by atoms with Crippen LogP contribution in [0.5, 0.6) is 0 Å². The van der Waals surface area contributed by atoms with Gasteiger partial charge in [0.1, 0.15) is 5.82 Å². The van der Waals surface area contributed by atoms with Crippen molar-refractivity contribution in [1.29, 1.82) is 0 Å². The minimum Gasteiger partial charge on any atom is -0.296 e. The van der Waals surface area contributed by atoms with Crippen molar-refractivity contribution in [3.05, 3.63) is 62.5 Å². The van der Waals surface area contributed by atoms with Gasteiger partial charge in [0.2, 0.25) is 10.0 Å². The number of rotatable bonds is 5. The smallest absolute Gasteiger partial charge is 0.296 e. The molecule has 0 atom stereocenters. The molecule has 3 rings (SSSR count). The average molecular weight is 415 g/mol. The number of halogens is 2. The van der Waals surface area contributed by atoms with Gasteiger partial charge >= 0.3 is 4.87 Å². The maximum atomic E-state index is 13.8. The highest BCUT2D eigenvalue weighted by molar-refractivity contribution is 7.91. The van der Waals surface area contributed by atoms with Gasteiger partial charge in [-0.2, -0.15) is 0 Å². The van der Waals surface area contributed by atoms with E-state index >= 15 is 0 Å². The summed E-state index contributed by atoms with van der Waals surface area (Å²) in [7, 11) is -3.88. The molecule has 3 aromatic rings. The third-order valence-corrected chi connectivity index (χ3v) is 6.29. The van der Waals surface area contributed by atoms with Gasteiger partial charge in [-0.3, -0.25) is 14.1 Å². The van der Waals surface area contributed by atoms with E-state index in [1.165, 1.54) is 12.1 Å². The molecule has 1 heterocycles. The van der Waals surface area contributed by atoms with E-state index in [1.54, 1.807) is 22.8 Å². The maximum absolute atomic E-state index is 13.8. The molecule has 0 aliphatic carbocycles. The van der Waals surface area contributed by atoms with E-state index in [2.05, 4.69) is 4.72 Å². The van der Waals surface area contributed by atoms with Gasteiger partial charge in [-0.25, -0.2) is 12.8 Å². The lowest BCUT2D eigenvalue weighted by molar-refractivity contribution is 0.591. The Morgan fingerprint density at radius 2 is 2.00 bits per heavy atom. The molecule has 0 saturated heterocycles. The molecule has 0 amide bonds. The van der Waals surface area contributed by atoms with Crippen LogP contribution >= 0.6 is 22.9 Å². The van der Waals surface area contributed by atoms with Crippen molar-refractivity contribution in [2.75, 3.05) is 4.72 Å². The Morgan fingerprint density at radius 3 is 2.65 bits per heavy atom. The van der Waals surface area contributed by atoms with Gasteiger partial charge < -0.3 is 0 Å². The van der Waals surface area contributed by atoms with E-state index in [-0.39, 0.29) is 21.5 Å². The van der Waals surface area contributed by atoms with E-state index in [0.717, 1.165) is 22.9 Å². The summed E-state index contributed by atoms with van der Waals surface area (Å²) in [5.41, 5.74) is 0.968. The van der Waals surface area contributed by atoms with Crippen LogP contribution in [0.25, 0.3) is 10.2 Å². The molecule has 138 valence electrons. The molecule has 0 aliphatic rings. The lowest BCUT2D eigenvalue weighted by Crippen LogP contribution is -2.16. The van der Waals surface area contributed by atoms with Gasteiger partial charge in [0.25, 0.3) is 0 Å². The molecule has 0 radical (unpaired) electrons. The molecule has 9 heteroatoms. The predicted molar refractivity (Wildman–Crippen MR) is 104 cm³/mol. The Kier molecular flexibility index (Phi) is 5.09. The Bertz CT molecular complexity index is 1120. The molecule has 0 unspecified atom stereocenters. The number of sulfonamides is 1. The van der Waals surface area contributed by atoms with Crippen LogP contribution in [0, 0.1) is 5.82 Å². The fourth-order valence-corrected chi connectivity index (χ4v) is 5.26. The van der Waals surface area contributed by atoms with Gasteiger partial charge in [0.15, 0.2) is 0 Å². The van der Waals surface area contributed by atoms with Crippen LogP contribution in [0.4, 0.5) is 10.1 Å². The molecule has 0 aliphatic heterocycles. The van der Waals surface area contributed by atoms with Crippen molar-refractivity contribution in [1.82, 2.24) is 4.57 Å². The average Bonchev–Trinajstić information content (AvgIpc) is 2.86.